The fourth-order valence-electron chi connectivity index (χ4n) is 7.97. The lowest BCUT2D eigenvalue weighted by Crippen LogP contribution is -2.54. The van der Waals surface area contributed by atoms with E-state index in [1.54, 1.807) is 0 Å². The Balaban J connectivity index is 1.31. The van der Waals surface area contributed by atoms with Crippen molar-refractivity contribution >= 4 is 11.5 Å². The van der Waals surface area contributed by atoms with Crippen LogP contribution in [-0.4, -0.2) is 37.4 Å². The van der Waals surface area contributed by atoms with Crippen LogP contribution in [0.25, 0.3) is 0 Å². The average Bonchev–Trinajstić information content (AvgIpc) is 3.31. The Kier molecular flexibility index (Phi) is 5.11. The number of allylic oxidation sites excluding steroid dienone is 1. The molecule has 4 aliphatic carbocycles. The number of rotatable bonds is 3. The SMILES string of the molecule is C=C1CC2C(CC[C@]3(C)C(=O)C(F)CC23)[C@@]2(C)CC/C(=N\OCC3CCNC3)CC12. The van der Waals surface area contributed by atoms with E-state index in [-0.39, 0.29) is 17.1 Å². The molecule has 0 aromatic heterocycles. The van der Waals surface area contributed by atoms with Gasteiger partial charge in [0.15, 0.2) is 12.0 Å². The Hall–Kier alpha value is -1.23. The monoisotopic (exact) mass is 416 g/mol. The van der Waals surface area contributed by atoms with Crippen LogP contribution in [0.5, 0.6) is 0 Å². The number of carbonyl (C=O) groups is 1. The highest BCUT2D eigenvalue weighted by Crippen LogP contribution is 2.66. The number of hydrogen-bond donors (Lipinski definition) is 1. The number of ketones is 1. The molecule has 5 aliphatic rings. The highest BCUT2D eigenvalue weighted by atomic mass is 19.1. The molecule has 5 rings (SSSR count). The van der Waals surface area contributed by atoms with Gasteiger partial charge in [0.2, 0.25) is 0 Å². The summed E-state index contributed by atoms with van der Waals surface area (Å²) < 4.78 is 14.4. The van der Waals surface area contributed by atoms with Crippen LogP contribution < -0.4 is 5.32 Å². The number of hydrogen-bond acceptors (Lipinski definition) is 4. The van der Waals surface area contributed by atoms with Crippen LogP contribution in [0.15, 0.2) is 17.3 Å². The van der Waals surface area contributed by atoms with Crippen molar-refractivity contribution in [1.29, 1.82) is 0 Å². The third-order valence-electron chi connectivity index (χ3n) is 9.83. The zero-order valence-electron chi connectivity index (χ0n) is 18.6. The minimum atomic E-state index is -1.25. The van der Waals surface area contributed by atoms with Gasteiger partial charge >= 0.3 is 0 Å². The van der Waals surface area contributed by atoms with Gasteiger partial charge in [-0.15, -0.1) is 0 Å². The van der Waals surface area contributed by atoms with Gasteiger partial charge in [0.05, 0.1) is 5.71 Å². The van der Waals surface area contributed by atoms with Gasteiger partial charge in [-0.3, -0.25) is 4.79 Å². The number of carbonyl (C=O) groups excluding carboxylic acids is 1. The summed E-state index contributed by atoms with van der Waals surface area (Å²) in [5, 5.41) is 7.92. The molecule has 1 aliphatic heterocycles. The second-order valence-corrected chi connectivity index (χ2v) is 11.3. The molecule has 30 heavy (non-hydrogen) atoms. The van der Waals surface area contributed by atoms with Gasteiger partial charge in [-0.2, -0.15) is 0 Å². The van der Waals surface area contributed by atoms with Crippen molar-refractivity contribution in [2.75, 3.05) is 19.7 Å². The van der Waals surface area contributed by atoms with Crippen LogP contribution in [0.3, 0.4) is 0 Å². The van der Waals surface area contributed by atoms with Gasteiger partial charge in [-0.25, -0.2) is 4.39 Å². The maximum absolute atomic E-state index is 14.4. The highest BCUT2D eigenvalue weighted by molar-refractivity contribution is 5.91. The second kappa shape index (κ2) is 7.43. The Labute approximate surface area is 180 Å². The predicted octanol–water partition coefficient (Wildman–Crippen LogP) is 4.69. The average molecular weight is 417 g/mol. The first-order chi connectivity index (χ1) is 14.3. The first-order valence-electron chi connectivity index (χ1n) is 12.1. The Morgan fingerprint density at radius 3 is 2.83 bits per heavy atom. The van der Waals surface area contributed by atoms with Crippen molar-refractivity contribution in [3.05, 3.63) is 12.2 Å². The van der Waals surface area contributed by atoms with E-state index in [2.05, 4.69) is 24.0 Å². The summed E-state index contributed by atoms with van der Waals surface area (Å²) in [6.07, 6.45) is 6.24. The van der Waals surface area contributed by atoms with E-state index in [1.165, 1.54) is 17.7 Å². The molecule has 0 radical (unpaired) electrons. The molecule has 0 spiro atoms. The van der Waals surface area contributed by atoms with Crippen molar-refractivity contribution in [2.45, 2.75) is 71.4 Å². The van der Waals surface area contributed by atoms with Gasteiger partial charge < -0.3 is 10.2 Å². The lowest BCUT2D eigenvalue weighted by molar-refractivity contribution is -0.136. The van der Waals surface area contributed by atoms with Gasteiger partial charge in [-0.1, -0.05) is 31.2 Å². The number of alkyl halides is 1. The fourth-order valence-corrected chi connectivity index (χ4v) is 7.97. The normalized spacial score (nSPS) is 49.6. The third kappa shape index (κ3) is 3.10. The molecule has 5 fully saturated rings. The summed E-state index contributed by atoms with van der Waals surface area (Å²) in [4.78, 5) is 18.3. The molecule has 5 heteroatoms. The van der Waals surface area contributed by atoms with Gasteiger partial charge in [0.1, 0.15) is 6.61 Å². The topological polar surface area (TPSA) is 50.7 Å². The maximum Gasteiger partial charge on any atom is 0.173 e. The van der Waals surface area contributed by atoms with E-state index in [0.29, 0.717) is 36.7 Å². The van der Waals surface area contributed by atoms with E-state index < -0.39 is 11.6 Å². The Morgan fingerprint density at radius 1 is 1.23 bits per heavy atom. The Morgan fingerprint density at radius 2 is 2.07 bits per heavy atom. The molecule has 0 amide bonds. The smallest absolute Gasteiger partial charge is 0.173 e. The summed E-state index contributed by atoms with van der Waals surface area (Å²) in [5.41, 5.74) is 2.22. The van der Waals surface area contributed by atoms with E-state index in [0.717, 1.165) is 51.6 Å². The molecule has 166 valence electrons. The van der Waals surface area contributed by atoms with Crippen LogP contribution in [0.4, 0.5) is 4.39 Å². The van der Waals surface area contributed by atoms with Crippen LogP contribution in [-0.2, 0) is 9.63 Å². The summed E-state index contributed by atoms with van der Waals surface area (Å²) in [6, 6.07) is 0. The molecule has 0 bridgehead atoms. The van der Waals surface area contributed by atoms with Gasteiger partial charge in [-0.05, 0) is 87.0 Å². The Bertz CT molecular complexity index is 760. The van der Waals surface area contributed by atoms with Crippen molar-refractivity contribution in [2.24, 2.45) is 45.6 Å². The lowest BCUT2D eigenvalue weighted by Gasteiger charge is -2.60. The number of nitrogens with zero attached hydrogens (tertiary/aromatic N) is 1. The highest BCUT2D eigenvalue weighted by Gasteiger charge is 2.63. The first-order valence-corrected chi connectivity index (χ1v) is 12.1. The molecule has 0 aromatic carbocycles. The molecule has 0 aromatic rings. The number of nitrogens with one attached hydrogen (secondary N) is 1. The van der Waals surface area contributed by atoms with Crippen LogP contribution in [0.2, 0.25) is 0 Å². The van der Waals surface area contributed by atoms with Gasteiger partial charge in [0.25, 0.3) is 0 Å². The standard InChI is InChI=1S/C25H37FN2O2/c1-15-10-18-19(5-8-25(3)21(18)12-22(26)23(25)29)24(2)7-4-17(11-20(15)24)28-30-14-16-6-9-27-13-16/h16,18-22,27H,1,4-14H2,2-3H3/b28-17+/t16?,18?,19?,20?,21?,22?,24-,25+/m1/s1. The fraction of sp³-hybridized carbons (Fsp3) is 0.840. The third-order valence-corrected chi connectivity index (χ3v) is 9.83. The second-order valence-electron chi connectivity index (χ2n) is 11.3. The predicted molar refractivity (Wildman–Crippen MR) is 116 cm³/mol. The zero-order chi connectivity index (χ0) is 21.1. The molecule has 1 heterocycles. The van der Waals surface area contributed by atoms with E-state index in [4.69, 9.17) is 4.84 Å². The maximum atomic E-state index is 14.4. The van der Waals surface area contributed by atoms with E-state index in [1.807, 2.05) is 6.92 Å². The number of oxime groups is 1. The summed E-state index contributed by atoms with van der Waals surface area (Å²) >= 11 is 0. The molecule has 4 saturated carbocycles. The van der Waals surface area contributed by atoms with Crippen molar-refractivity contribution in [3.63, 3.8) is 0 Å². The number of fused-ring (bicyclic) bond motifs is 5. The molecule has 8 atom stereocenters. The molecule has 4 nitrogen and oxygen atoms in total. The van der Waals surface area contributed by atoms with E-state index in [9.17, 15) is 9.18 Å². The summed E-state index contributed by atoms with van der Waals surface area (Å²) in [5.74, 6) is 2.05. The molecule has 1 N–H and O–H groups in total. The molecular weight excluding hydrogens is 379 g/mol. The molecule has 1 saturated heterocycles. The van der Waals surface area contributed by atoms with Crippen molar-refractivity contribution in [1.82, 2.24) is 5.32 Å². The first kappa shape index (κ1) is 20.7. The molecular formula is C25H37FN2O2. The number of Topliss-reactive ketones (excluding diaryl/α,β-unsaturated/α-hetero) is 1. The van der Waals surface area contributed by atoms with Crippen molar-refractivity contribution in [3.8, 4) is 0 Å². The minimum Gasteiger partial charge on any atom is -0.396 e. The van der Waals surface area contributed by atoms with E-state index >= 15 is 0 Å². The lowest BCUT2D eigenvalue weighted by atomic mass is 9.44. The largest absolute Gasteiger partial charge is 0.396 e. The van der Waals surface area contributed by atoms with Gasteiger partial charge in [0, 0.05) is 17.9 Å². The van der Waals surface area contributed by atoms with Crippen LogP contribution in [0.1, 0.15) is 65.2 Å². The summed E-state index contributed by atoms with van der Waals surface area (Å²) in [7, 11) is 0. The zero-order valence-corrected chi connectivity index (χ0v) is 18.6. The van der Waals surface area contributed by atoms with Crippen LogP contribution in [0, 0.1) is 40.4 Å². The quantitative estimate of drug-likeness (QED) is 0.536. The molecule has 6 unspecified atom stereocenters. The van der Waals surface area contributed by atoms with Crippen LogP contribution >= 0.6 is 0 Å². The number of halogens is 1. The van der Waals surface area contributed by atoms with Crippen molar-refractivity contribution < 1.29 is 14.0 Å². The summed E-state index contributed by atoms with van der Waals surface area (Å²) in [6.45, 7) is 11.8. The minimum absolute atomic E-state index is 0.128.